The van der Waals surface area contributed by atoms with E-state index in [2.05, 4.69) is 4.74 Å². The van der Waals surface area contributed by atoms with Crippen molar-refractivity contribution in [2.45, 2.75) is 18.7 Å². The topological polar surface area (TPSA) is 107 Å². The van der Waals surface area contributed by atoms with Crippen molar-refractivity contribution in [2.24, 2.45) is 5.92 Å². The van der Waals surface area contributed by atoms with Crippen LogP contribution in [0.25, 0.3) is 0 Å². The number of carbonyl (C=O) groups is 1. The second-order valence-corrected chi connectivity index (χ2v) is 6.87. The number of hydrogen-bond acceptors (Lipinski definition) is 6. The Morgan fingerprint density at radius 1 is 1.45 bits per heavy atom. The second kappa shape index (κ2) is 6.84. The standard InChI is InChI=1S/C13H18N2O6S/c1-9-6-5-7-11(15(17)18)12(9)22(19,20)14(3)8-10(2)13(16)21-4/h5-7,10H,8H2,1-4H3/t10-/m1/s1. The monoisotopic (exact) mass is 330 g/mol. The van der Waals surface area contributed by atoms with Gasteiger partial charge in [0, 0.05) is 19.7 Å². The SMILES string of the molecule is COC(=O)[C@H](C)CN(C)S(=O)(=O)c1c(C)cccc1[N+](=O)[O-]. The Morgan fingerprint density at radius 2 is 2.05 bits per heavy atom. The molecule has 0 aromatic heterocycles. The molecule has 0 fully saturated rings. The first kappa shape index (κ1) is 18.1. The normalized spacial score (nSPS) is 13.0. The smallest absolute Gasteiger partial charge is 0.309 e. The number of esters is 1. The highest BCUT2D eigenvalue weighted by Gasteiger charge is 2.32. The molecule has 0 aliphatic rings. The summed E-state index contributed by atoms with van der Waals surface area (Å²) in [6, 6.07) is 4.04. The fourth-order valence-electron chi connectivity index (χ4n) is 2.03. The molecule has 8 nitrogen and oxygen atoms in total. The van der Waals surface area contributed by atoms with E-state index in [9.17, 15) is 23.3 Å². The summed E-state index contributed by atoms with van der Waals surface area (Å²) in [6.07, 6.45) is 0. The van der Waals surface area contributed by atoms with E-state index in [1.807, 2.05) is 0 Å². The number of nitro benzene ring substituents is 1. The molecular formula is C13H18N2O6S. The third-order valence-corrected chi connectivity index (χ3v) is 5.21. The van der Waals surface area contributed by atoms with Gasteiger partial charge in [0.15, 0.2) is 4.90 Å². The number of nitrogens with zero attached hydrogens (tertiary/aromatic N) is 2. The van der Waals surface area contributed by atoms with Crippen LogP contribution < -0.4 is 0 Å². The molecular weight excluding hydrogens is 312 g/mol. The van der Waals surface area contributed by atoms with E-state index >= 15 is 0 Å². The molecule has 1 aromatic carbocycles. The van der Waals surface area contributed by atoms with Crippen molar-refractivity contribution in [3.05, 3.63) is 33.9 Å². The van der Waals surface area contributed by atoms with Crippen molar-refractivity contribution in [3.63, 3.8) is 0 Å². The van der Waals surface area contributed by atoms with Gasteiger partial charge in [-0.1, -0.05) is 19.1 Å². The van der Waals surface area contributed by atoms with E-state index in [-0.39, 0.29) is 17.0 Å². The lowest BCUT2D eigenvalue weighted by Gasteiger charge is -2.20. The lowest BCUT2D eigenvalue weighted by molar-refractivity contribution is -0.387. The number of carbonyl (C=O) groups excluding carboxylic acids is 1. The van der Waals surface area contributed by atoms with Crippen LogP contribution in [0.15, 0.2) is 23.1 Å². The van der Waals surface area contributed by atoms with Crippen molar-refractivity contribution in [1.82, 2.24) is 4.31 Å². The minimum atomic E-state index is -4.10. The number of benzene rings is 1. The summed E-state index contributed by atoms with van der Waals surface area (Å²) in [4.78, 5) is 21.4. The first-order valence-corrected chi connectivity index (χ1v) is 7.85. The largest absolute Gasteiger partial charge is 0.469 e. The van der Waals surface area contributed by atoms with Gasteiger partial charge < -0.3 is 4.74 Å². The lowest BCUT2D eigenvalue weighted by atomic mass is 10.2. The molecule has 0 radical (unpaired) electrons. The first-order chi connectivity index (χ1) is 10.1. The van der Waals surface area contributed by atoms with E-state index in [0.717, 1.165) is 10.4 Å². The summed E-state index contributed by atoms with van der Waals surface area (Å²) in [5.74, 6) is -1.24. The molecule has 1 aromatic rings. The lowest BCUT2D eigenvalue weighted by Crippen LogP contribution is -2.34. The van der Waals surface area contributed by atoms with Gasteiger partial charge in [0.2, 0.25) is 10.0 Å². The van der Waals surface area contributed by atoms with Crippen LogP contribution in [-0.4, -0.2) is 44.3 Å². The van der Waals surface area contributed by atoms with Crippen molar-refractivity contribution < 1.29 is 22.9 Å². The van der Waals surface area contributed by atoms with Gasteiger partial charge in [-0.2, -0.15) is 4.31 Å². The number of rotatable bonds is 6. The van der Waals surface area contributed by atoms with Crippen LogP contribution in [0, 0.1) is 23.0 Å². The molecule has 0 saturated carbocycles. The fourth-order valence-corrected chi connectivity index (χ4v) is 3.65. The molecule has 9 heteroatoms. The molecule has 0 saturated heterocycles. The van der Waals surface area contributed by atoms with Crippen molar-refractivity contribution in [2.75, 3.05) is 20.7 Å². The maximum absolute atomic E-state index is 12.6. The van der Waals surface area contributed by atoms with E-state index in [0.29, 0.717) is 0 Å². The van der Waals surface area contributed by atoms with Gasteiger partial charge in [-0.15, -0.1) is 0 Å². The van der Waals surface area contributed by atoms with Crippen molar-refractivity contribution in [1.29, 1.82) is 0 Å². The Labute approximate surface area is 128 Å². The molecule has 122 valence electrons. The molecule has 0 N–H and O–H groups in total. The number of sulfonamides is 1. The minimum absolute atomic E-state index is 0.138. The number of ether oxygens (including phenoxy) is 1. The molecule has 0 heterocycles. The number of aryl methyl sites for hydroxylation is 1. The highest BCUT2D eigenvalue weighted by molar-refractivity contribution is 7.89. The zero-order valence-electron chi connectivity index (χ0n) is 12.8. The van der Waals surface area contributed by atoms with Crippen LogP contribution in [0.1, 0.15) is 12.5 Å². The van der Waals surface area contributed by atoms with Crippen LogP contribution in [0.5, 0.6) is 0 Å². The molecule has 0 spiro atoms. The predicted molar refractivity (Wildman–Crippen MR) is 78.8 cm³/mol. The molecule has 0 aliphatic heterocycles. The van der Waals surface area contributed by atoms with Crippen LogP contribution >= 0.6 is 0 Å². The van der Waals surface area contributed by atoms with E-state index in [4.69, 9.17) is 0 Å². The Hall–Kier alpha value is -2.00. The number of nitro groups is 1. The summed E-state index contributed by atoms with van der Waals surface area (Å²) in [7, 11) is -1.62. The average Bonchev–Trinajstić information content (AvgIpc) is 2.45. The van der Waals surface area contributed by atoms with Gasteiger partial charge in [-0.05, 0) is 12.5 Å². The Bertz CT molecular complexity index is 686. The van der Waals surface area contributed by atoms with Gasteiger partial charge in [0.25, 0.3) is 5.69 Å². The average molecular weight is 330 g/mol. The van der Waals surface area contributed by atoms with Gasteiger partial charge in [0.05, 0.1) is 18.0 Å². The summed E-state index contributed by atoms with van der Waals surface area (Å²) in [6.45, 7) is 2.86. The maximum Gasteiger partial charge on any atom is 0.309 e. The highest BCUT2D eigenvalue weighted by Crippen LogP contribution is 2.29. The highest BCUT2D eigenvalue weighted by atomic mass is 32.2. The van der Waals surface area contributed by atoms with Crippen molar-refractivity contribution >= 4 is 21.7 Å². The molecule has 0 bridgehead atoms. The Morgan fingerprint density at radius 3 is 2.55 bits per heavy atom. The summed E-state index contributed by atoms with van der Waals surface area (Å²) in [5, 5.41) is 11.1. The van der Waals surface area contributed by atoms with E-state index < -0.39 is 32.5 Å². The summed E-state index contributed by atoms with van der Waals surface area (Å²) < 4.78 is 30.7. The first-order valence-electron chi connectivity index (χ1n) is 6.41. The second-order valence-electron chi connectivity index (χ2n) is 4.89. The van der Waals surface area contributed by atoms with Crippen LogP contribution in [0.3, 0.4) is 0 Å². The van der Waals surface area contributed by atoms with E-state index in [1.165, 1.54) is 40.1 Å². The number of methoxy groups -OCH3 is 1. The third kappa shape index (κ3) is 3.60. The quantitative estimate of drug-likeness (QED) is 0.442. The fraction of sp³-hybridized carbons (Fsp3) is 0.462. The third-order valence-electron chi connectivity index (χ3n) is 3.19. The Kier molecular flexibility index (Phi) is 5.61. The summed E-state index contributed by atoms with van der Waals surface area (Å²) in [5.41, 5.74) is -0.218. The van der Waals surface area contributed by atoms with Gasteiger partial charge in [-0.3, -0.25) is 14.9 Å². The molecule has 0 aliphatic carbocycles. The molecule has 0 unspecified atom stereocenters. The zero-order chi connectivity index (χ0) is 17.1. The molecule has 22 heavy (non-hydrogen) atoms. The molecule has 0 amide bonds. The minimum Gasteiger partial charge on any atom is -0.469 e. The van der Waals surface area contributed by atoms with Gasteiger partial charge in [0.1, 0.15) is 0 Å². The van der Waals surface area contributed by atoms with Gasteiger partial charge >= 0.3 is 5.97 Å². The predicted octanol–water partition coefficient (Wildman–Crippen LogP) is 1.33. The maximum atomic E-state index is 12.6. The van der Waals surface area contributed by atoms with Crippen molar-refractivity contribution in [3.8, 4) is 0 Å². The van der Waals surface area contributed by atoms with E-state index in [1.54, 1.807) is 0 Å². The Balaban J connectivity index is 3.25. The van der Waals surface area contributed by atoms with Crippen LogP contribution in [0.2, 0.25) is 0 Å². The molecule has 1 atom stereocenters. The number of hydrogen-bond donors (Lipinski definition) is 0. The van der Waals surface area contributed by atoms with Crippen LogP contribution in [-0.2, 0) is 19.6 Å². The zero-order valence-corrected chi connectivity index (χ0v) is 13.6. The van der Waals surface area contributed by atoms with Gasteiger partial charge in [-0.25, -0.2) is 8.42 Å². The summed E-state index contributed by atoms with van der Waals surface area (Å²) >= 11 is 0. The van der Waals surface area contributed by atoms with Crippen LogP contribution in [0.4, 0.5) is 5.69 Å². The molecule has 1 rings (SSSR count).